The maximum Gasteiger partial charge on any atom is 0.283 e. The number of nitrogens with zero attached hydrogens (tertiary/aromatic N) is 3. The van der Waals surface area contributed by atoms with Crippen molar-refractivity contribution >= 4 is 10.9 Å². The number of rotatable bonds is 4. The van der Waals surface area contributed by atoms with Gasteiger partial charge in [0.2, 0.25) is 0 Å². The molecule has 4 rings (SSSR count). The molecule has 3 heterocycles. The molecule has 108 valence electrons. The predicted molar refractivity (Wildman–Crippen MR) is 78.1 cm³/mol. The zero-order valence-corrected chi connectivity index (χ0v) is 11.5. The van der Waals surface area contributed by atoms with Crippen LogP contribution in [0.3, 0.4) is 0 Å². The molecule has 6 heteroatoms. The number of hydrogen-bond donors (Lipinski definition) is 0. The summed E-state index contributed by atoms with van der Waals surface area (Å²) in [4.78, 5) is 4.33. The Morgan fingerprint density at radius 1 is 1.00 bits per heavy atom. The van der Waals surface area contributed by atoms with Gasteiger partial charge in [0.1, 0.15) is 11.3 Å². The number of hydrogen-bond acceptors (Lipinski definition) is 6. The van der Waals surface area contributed by atoms with Crippen molar-refractivity contribution in [2.45, 2.75) is 6.61 Å². The van der Waals surface area contributed by atoms with E-state index >= 15 is 0 Å². The molecule has 6 nitrogen and oxygen atoms in total. The minimum absolute atomic E-state index is 0.170. The molecule has 0 aliphatic heterocycles. The lowest BCUT2D eigenvalue weighted by Crippen LogP contribution is -1.97. The zero-order chi connectivity index (χ0) is 14.8. The summed E-state index contributed by atoms with van der Waals surface area (Å²) >= 11 is 0. The predicted octanol–water partition coefficient (Wildman–Crippen LogP) is 3.46. The quantitative estimate of drug-likeness (QED) is 0.573. The van der Waals surface area contributed by atoms with Gasteiger partial charge in [-0.3, -0.25) is 4.98 Å². The molecule has 0 fully saturated rings. The van der Waals surface area contributed by atoms with Gasteiger partial charge >= 0.3 is 0 Å². The van der Waals surface area contributed by atoms with Crippen molar-refractivity contribution in [3.8, 4) is 17.4 Å². The first-order valence-corrected chi connectivity index (χ1v) is 6.73. The highest BCUT2D eigenvalue weighted by molar-refractivity contribution is 5.84. The molecule has 22 heavy (non-hydrogen) atoms. The Morgan fingerprint density at radius 3 is 2.86 bits per heavy atom. The molecule has 0 aliphatic carbocycles. The average Bonchev–Trinajstić information content (AvgIpc) is 3.24. The van der Waals surface area contributed by atoms with Crippen LogP contribution in [0.25, 0.3) is 22.6 Å². The molecule has 0 N–H and O–H groups in total. The molecule has 0 saturated carbocycles. The first-order valence-electron chi connectivity index (χ1n) is 6.73. The van der Waals surface area contributed by atoms with Crippen molar-refractivity contribution in [2.75, 3.05) is 0 Å². The molecule has 0 bridgehead atoms. The Kier molecular flexibility index (Phi) is 3.05. The molecule has 0 unspecified atom stereocenters. The molecule has 3 aromatic heterocycles. The van der Waals surface area contributed by atoms with Crippen LogP contribution in [0.5, 0.6) is 5.75 Å². The summed E-state index contributed by atoms with van der Waals surface area (Å²) < 4.78 is 16.5. The number of ether oxygens (including phenoxy) is 1. The summed E-state index contributed by atoms with van der Waals surface area (Å²) in [7, 11) is 0. The average molecular weight is 293 g/mol. The van der Waals surface area contributed by atoms with E-state index < -0.39 is 0 Å². The van der Waals surface area contributed by atoms with E-state index in [1.807, 2.05) is 30.3 Å². The normalized spacial score (nSPS) is 10.9. The van der Waals surface area contributed by atoms with Crippen molar-refractivity contribution in [1.82, 2.24) is 15.2 Å². The summed E-state index contributed by atoms with van der Waals surface area (Å²) in [6.45, 7) is 0.170. The van der Waals surface area contributed by atoms with Gasteiger partial charge in [-0.05, 0) is 24.3 Å². The van der Waals surface area contributed by atoms with Gasteiger partial charge in [0.25, 0.3) is 11.8 Å². The van der Waals surface area contributed by atoms with Crippen LogP contribution in [0.1, 0.15) is 5.89 Å². The standard InChI is InChI=1S/C16H11N3O3/c1-4-11-5-2-8-17-15(11)12(6-1)21-10-14-18-19-16(22-14)13-7-3-9-20-13/h1-9H,10H2. The third-order valence-electron chi connectivity index (χ3n) is 3.15. The third kappa shape index (κ3) is 2.31. The second-order valence-electron chi connectivity index (χ2n) is 4.60. The molecule has 0 aliphatic rings. The Labute approximate surface area is 125 Å². The van der Waals surface area contributed by atoms with E-state index in [4.69, 9.17) is 13.6 Å². The van der Waals surface area contributed by atoms with Crippen LogP contribution in [0.4, 0.5) is 0 Å². The lowest BCUT2D eigenvalue weighted by Gasteiger charge is -2.06. The topological polar surface area (TPSA) is 74.2 Å². The first-order chi connectivity index (χ1) is 10.9. The van der Waals surface area contributed by atoms with Crippen molar-refractivity contribution in [2.24, 2.45) is 0 Å². The summed E-state index contributed by atoms with van der Waals surface area (Å²) in [6.07, 6.45) is 3.29. The summed E-state index contributed by atoms with van der Waals surface area (Å²) in [6, 6.07) is 13.2. The van der Waals surface area contributed by atoms with Crippen molar-refractivity contribution in [3.05, 3.63) is 60.8 Å². The van der Waals surface area contributed by atoms with Gasteiger partial charge in [0.05, 0.1) is 6.26 Å². The van der Waals surface area contributed by atoms with Gasteiger partial charge < -0.3 is 13.6 Å². The van der Waals surface area contributed by atoms with Crippen LogP contribution < -0.4 is 4.74 Å². The molecule has 4 aromatic rings. The molecule has 0 amide bonds. The van der Waals surface area contributed by atoms with Crippen LogP contribution >= 0.6 is 0 Å². The Balaban J connectivity index is 1.55. The van der Waals surface area contributed by atoms with Crippen molar-refractivity contribution in [3.63, 3.8) is 0 Å². The number of aromatic nitrogens is 3. The molecule has 0 spiro atoms. The van der Waals surface area contributed by atoms with E-state index in [9.17, 15) is 0 Å². The summed E-state index contributed by atoms with van der Waals surface area (Å²) in [5.41, 5.74) is 0.802. The van der Waals surface area contributed by atoms with Crippen LogP contribution in [-0.4, -0.2) is 15.2 Å². The van der Waals surface area contributed by atoms with Crippen molar-refractivity contribution in [1.29, 1.82) is 0 Å². The molecule has 1 aromatic carbocycles. The fraction of sp³-hybridized carbons (Fsp3) is 0.0625. The van der Waals surface area contributed by atoms with Gasteiger partial charge in [-0.2, -0.15) is 0 Å². The monoisotopic (exact) mass is 293 g/mol. The van der Waals surface area contributed by atoms with Crippen LogP contribution in [0.15, 0.2) is 63.8 Å². The lowest BCUT2D eigenvalue weighted by molar-refractivity contribution is 0.266. The van der Waals surface area contributed by atoms with E-state index in [0.717, 1.165) is 10.9 Å². The largest absolute Gasteiger partial charge is 0.482 e. The summed E-state index contributed by atoms with van der Waals surface area (Å²) in [5, 5.41) is 8.89. The molecule has 0 radical (unpaired) electrons. The Morgan fingerprint density at radius 2 is 1.95 bits per heavy atom. The van der Waals surface area contributed by atoms with Gasteiger partial charge in [-0.1, -0.05) is 18.2 Å². The van der Waals surface area contributed by atoms with Gasteiger partial charge in [-0.15, -0.1) is 10.2 Å². The van der Waals surface area contributed by atoms with Gasteiger partial charge in [0, 0.05) is 11.6 Å². The second kappa shape index (κ2) is 5.33. The van der Waals surface area contributed by atoms with E-state index in [-0.39, 0.29) is 6.61 Å². The van der Waals surface area contributed by atoms with E-state index in [1.165, 1.54) is 0 Å². The van der Waals surface area contributed by atoms with Crippen molar-refractivity contribution < 1.29 is 13.6 Å². The Hall–Kier alpha value is -3.15. The minimum Gasteiger partial charge on any atom is -0.482 e. The molecular formula is C16H11N3O3. The number of benzene rings is 1. The fourth-order valence-corrected chi connectivity index (χ4v) is 2.14. The lowest BCUT2D eigenvalue weighted by atomic mass is 10.2. The zero-order valence-electron chi connectivity index (χ0n) is 11.5. The molecular weight excluding hydrogens is 282 g/mol. The first kappa shape index (κ1) is 12.6. The highest BCUT2D eigenvalue weighted by atomic mass is 16.5. The number of furan rings is 1. The number of para-hydroxylation sites is 1. The maximum absolute atomic E-state index is 5.75. The van der Waals surface area contributed by atoms with Gasteiger partial charge in [-0.25, -0.2) is 0 Å². The number of pyridine rings is 1. The van der Waals surface area contributed by atoms with Crippen LogP contribution in [0.2, 0.25) is 0 Å². The van der Waals surface area contributed by atoms with Crippen LogP contribution in [0, 0.1) is 0 Å². The molecule has 0 atom stereocenters. The summed E-state index contributed by atoms with van der Waals surface area (Å²) in [5.74, 6) is 1.92. The molecule has 0 saturated heterocycles. The van der Waals surface area contributed by atoms with Gasteiger partial charge in [0.15, 0.2) is 12.4 Å². The van der Waals surface area contributed by atoms with E-state index in [1.54, 1.807) is 24.6 Å². The third-order valence-corrected chi connectivity index (χ3v) is 3.15. The second-order valence-corrected chi connectivity index (χ2v) is 4.60. The van der Waals surface area contributed by atoms with Crippen LogP contribution in [-0.2, 0) is 6.61 Å². The van der Waals surface area contributed by atoms with E-state index in [0.29, 0.717) is 23.3 Å². The smallest absolute Gasteiger partial charge is 0.283 e. The SMILES string of the molecule is c1coc(-c2nnc(COc3cccc4cccnc34)o2)c1. The fourth-order valence-electron chi connectivity index (χ4n) is 2.14. The maximum atomic E-state index is 5.75. The minimum atomic E-state index is 0.170. The highest BCUT2D eigenvalue weighted by Crippen LogP contribution is 2.24. The highest BCUT2D eigenvalue weighted by Gasteiger charge is 2.12. The number of fused-ring (bicyclic) bond motifs is 1. The Bertz CT molecular complexity index is 895. The van der Waals surface area contributed by atoms with E-state index in [2.05, 4.69) is 15.2 Å².